The number of aryl methyl sites for hydroxylation is 1. The summed E-state index contributed by atoms with van der Waals surface area (Å²) in [5.74, 6) is -1.92. The van der Waals surface area contributed by atoms with Gasteiger partial charge in [-0.25, -0.2) is 4.39 Å². The molecule has 0 spiro atoms. The van der Waals surface area contributed by atoms with Crippen molar-refractivity contribution in [3.8, 4) is 22.6 Å². The summed E-state index contributed by atoms with van der Waals surface area (Å²) in [5, 5.41) is 9.53. The number of rotatable bonds is 2. The number of alkyl halides is 3. The first-order valence-electron chi connectivity index (χ1n) is 5.62. The van der Waals surface area contributed by atoms with E-state index in [1.807, 2.05) is 0 Å². The van der Waals surface area contributed by atoms with Crippen molar-refractivity contribution in [1.82, 2.24) is 0 Å². The molecule has 0 aliphatic heterocycles. The summed E-state index contributed by atoms with van der Waals surface area (Å²) in [5.41, 5.74) is 0.856. The minimum absolute atomic E-state index is 0.193. The van der Waals surface area contributed by atoms with Crippen LogP contribution in [0.4, 0.5) is 17.6 Å². The highest BCUT2D eigenvalue weighted by molar-refractivity contribution is 5.68. The van der Waals surface area contributed by atoms with Crippen LogP contribution in [-0.4, -0.2) is 11.5 Å². The largest absolute Gasteiger partial charge is 0.573 e. The molecule has 0 unspecified atom stereocenters. The highest BCUT2D eigenvalue weighted by Crippen LogP contribution is 2.35. The molecule has 0 atom stereocenters. The molecule has 0 bridgehead atoms. The molecule has 0 aromatic heterocycles. The van der Waals surface area contributed by atoms with Gasteiger partial charge in [-0.15, -0.1) is 13.2 Å². The number of aromatic hydroxyl groups is 1. The fourth-order valence-corrected chi connectivity index (χ4v) is 1.77. The van der Waals surface area contributed by atoms with Gasteiger partial charge in [0.05, 0.1) is 0 Å². The summed E-state index contributed by atoms with van der Waals surface area (Å²) in [7, 11) is 0. The second-order valence-electron chi connectivity index (χ2n) is 4.17. The Kier molecular flexibility index (Phi) is 3.57. The van der Waals surface area contributed by atoms with Gasteiger partial charge in [-0.3, -0.25) is 0 Å². The van der Waals surface area contributed by atoms with Gasteiger partial charge in [-0.2, -0.15) is 0 Å². The fourth-order valence-electron chi connectivity index (χ4n) is 1.77. The van der Waals surface area contributed by atoms with Crippen LogP contribution in [0.15, 0.2) is 36.4 Å². The number of hydrogen-bond donors (Lipinski definition) is 1. The van der Waals surface area contributed by atoms with Gasteiger partial charge < -0.3 is 9.84 Å². The van der Waals surface area contributed by atoms with E-state index in [0.717, 1.165) is 12.1 Å². The summed E-state index contributed by atoms with van der Waals surface area (Å²) in [4.78, 5) is 0. The highest BCUT2D eigenvalue weighted by atomic mass is 19.4. The van der Waals surface area contributed by atoms with Crippen LogP contribution in [0.3, 0.4) is 0 Å². The first-order valence-corrected chi connectivity index (χ1v) is 5.62. The summed E-state index contributed by atoms with van der Waals surface area (Å²) in [6, 6.07) is 7.88. The third-order valence-electron chi connectivity index (χ3n) is 2.69. The number of hydrogen-bond acceptors (Lipinski definition) is 2. The minimum Gasteiger partial charge on any atom is -0.504 e. The van der Waals surface area contributed by atoms with E-state index in [1.165, 1.54) is 12.1 Å². The topological polar surface area (TPSA) is 29.5 Å². The van der Waals surface area contributed by atoms with Gasteiger partial charge in [0, 0.05) is 5.56 Å². The van der Waals surface area contributed by atoms with Crippen LogP contribution < -0.4 is 4.74 Å². The first kappa shape index (κ1) is 14.2. The second kappa shape index (κ2) is 5.03. The van der Waals surface area contributed by atoms with Crippen molar-refractivity contribution in [1.29, 1.82) is 0 Å². The van der Waals surface area contributed by atoms with E-state index >= 15 is 0 Å². The summed E-state index contributed by atoms with van der Waals surface area (Å²) < 4.78 is 53.7. The Morgan fingerprint density at radius 1 is 1.10 bits per heavy atom. The molecule has 6 heteroatoms. The molecule has 0 aliphatic rings. The van der Waals surface area contributed by atoms with Crippen LogP contribution in [-0.2, 0) is 0 Å². The Morgan fingerprint density at radius 3 is 2.40 bits per heavy atom. The van der Waals surface area contributed by atoms with Crippen molar-refractivity contribution in [3.63, 3.8) is 0 Å². The lowest BCUT2D eigenvalue weighted by molar-refractivity contribution is -0.275. The molecule has 0 heterocycles. The second-order valence-corrected chi connectivity index (χ2v) is 4.17. The summed E-state index contributed by atoms with van der Waals surface area (Å²) >= 11 is 0. The van der Waals surface area contributed by atoms with Crippen LogP contribution in [0.2, 0.25) is 0 Å². The van der Waals surface area contributed by atoms with Crippen LogP contribution in [0.5, 0.6) is 11.5 Å². The molecule has 2 aromatic rings. The van der Waals surface area contributed by atoms with Crippen molar-refractivity contribution < 1.29 is 27.4 Å². The Balaban J connectivity index is 2.41. The average Bonchev–Trinajstić information content (AvgIpc) is 2.34. The summed E-state index contributed by atoms with van der Waals surface area (Å²) in [6.45, 7) is 1.57. The Morgan fingerprint density at radius 2 is 1.80 bits per heavy atom. The third-order valence-corrected chi connectivity index (χ3v) is 2.69. The van der Waals surface area contributed by atoms with E-state index in [2.05, 4.69) is 4.74 Å². The van der Waals surface area contributed by atoms with Crippen LogP contribution in [0.1, 0.15) is 5.56 Å². The van der Waals surface area contributed by atoms with E-state index in [9.17, 15) is 22.7 Å². The maximum atomic E-state index is 13.9. The quantitative estimate of drug-likeness (QED) is 0.829. The first-order chi connectivity index (χ1) is 9.28. The molecule has 0 saturated heterocycles. The van der Waals surface area contributed by atoms with Crippen molar-refractivity contribution in [2.24, 2.45) is 0 Å². The number of benzene rings is 2. The number of phenols is 1. The van der Waals surface area contributed by atoms with Crippen molar-refractivity contribution in [2.45, 2.75) is 13.3 Å². The van der Waals surface area contributed by atoms with Crippen molar-refractivity contribution in [2.75, 3.05) is 0 Å². The van der Waals surface area contributed by atoms with Crippen LogP contribution in [0, 0.1) is 12.7 Å². The number of phenolic OH excluding ortho intramolecular Hbond substituents is 1. The molecule has 2 nitrogen and oxygen atoms in total. The van der Waals surface area contributed by atoms with E-state index in [4.69, 9.17) is 0 Å². The average molecular weight is 286 g/mol. The Bertz CT molecular complexity index is 636. The van der Waals surface area contributed by atoms with E-state index in [0.29, 0.717) is 5.56 Å². The lowest BCUT2D eigenvalue weighted by Gasteiger charge is -2.12. The van der Waals surface area contributed by atoms with Crippen LogP contribution in [0.25, 0.3) is 11.1 Å². The minimum atomic E-state index is -4.90. The molecule has 1 N–H and O–H groups in total. The predicted octanol–water partition coefficient (Wildman–Crippen LogP) is 4.41. The zero-order valence-electron chi connectivity index (χ0n) is 10.3. The molecule has 0 fully saturated rings. The van der Waals surface area contributed by atoms with Gasteiger partial charge in [0.1, 0.15) is 5.82 Å². The van der Waals surface area contributed by atoms with E-state index < -0.39 is 23.7 Å². The number of ether oxygens (including phenoxy) is 1. The summed E-state index contributed by atoms with van der Waals surface area (Å²) in [6.07, 6.45) is -4.90. The maximum absolute atomic E-state index is 13.9. The zero-order valence-corrected chi connectivity index (χ0v) is 10.3. The lowest BCUT2D eigenvalue weighted by atomic mass is 10.0. The Labute approximate surface area is 112 Å². The standard InChI is InChI=1S/C14H10F4O2/c1-8-3-2-4-10(13(8)15)9-5-6-12(11(19)7-9)20-14(16,17)18/h2-7,19H,1H3. The van der Waals surface area contributed by atoms with Crippen molar-refractivity contribution >= 4 is 0 Å². The highest BCUT2D eigenvalue weighted by Gasteiger charge is 2.32. The molecule has 0 aliphatic carbocycles. The van der Waals surface area contributed by atoms with Crippen LogP contribution >= 0.6 is 0 Å². The normalized spacial score (nSPS) is 11.4. The zero-order chi connectivity index (χ0) is 14.9. The number of halogens is 4. The fraction of sp³-hybridized carbons (Fsp3) is 0.143. The molecule has 2 aromatic carbocycles. The SMILES string of the molecule is Cc1cccc(-c2ccc(OC(F)(F)F)c(O)c2)c1F. The monoisotopic (exact) mass is 286 g/mol. The molecule has 2 rings (SSSR count). The van der Waals surface area contributed by atoms with Gasteiger partial charge in [-0.05, 0) is 30.2 Å². The van der Waals surface area contributed by atoms with E-state index in [1.54, 1.807) is 19.1 Å². The molecular weight excluding hydrogens is 276 g/mol. The lowest BCUT2D eigenvalue weighted by Crippen LogP contribution is -2.17. The predicted molar refractivity (Wildman–Crippen MR) is 64.9 cm³/mol. The van der Waals surface area contributed by atoms with Gasteiger partial charge in [0.15, 0.2) is 11.5 Å². The molecule has 0 saturated carbocycles. The third kappa shape index (κ3) is 3.01. The molecule has 0 radical (unpaired) electrons. The van der Waals surface area contributed by atoms with Gasteiger partial charge in [-0.1, -0.05) is 24.3 Å². The smallest absolute Gasteiger partial charge is 0.504 e. The van der Waals surface area contributed by atoms with Gasteiger partial charge in [0.2, 0.25) is 0 Å². The molecule has 106 valence electrons. The maximum Gasteiger partial charge on any atom is 0.573 e. The molecule has 20 heavy (non-hydrogen) atoms. The van der Waals surface area contributed by atoms with E-state index in [-0.39, 0.29) is 11.1 Å². The molecule has 0 amide bonds. The Hall–Kier alpha value is -2.24. The van der Waals surface area contributed by atoms with Crippen molar-refractivity contribution in [3.05, 3.63) is 47.8 Å². The molecular formula is C14H10F4O2. The van der Waals surface area contributed by atoms with Gasteiger partial charge >= 0.3 is 6.36 Å². The van der Waals surface area contributed by atoms with Gasteiger partial charge in [0.25, 0.3) is 0 Å².